The Morgan fingerprint density at radius 1 is 1.53 bits per heavy atom. The zero-order valence-corrected chi connectivity index (χ0v) is 14.3. The number of hydrogen-bond acceptors (Lipinski definition) is 5. The van der Waals surface area contributed by atoms with E-state index in [-0.39, 0.29) is 23.7 Å². The minimum absolute atomic E-state index is 0.233. The number of esters is 1. The minimum Gasteiger partial charge on any atom is -0.456 e. The summed E-state index contributed by atoms with van der Waals surface area (Å²) in [5.41, 5.74) is 0. The van der Waals surface area contributed by atoms with E-state index in [0.717, 1.165) is 0 Å². The fourth-order valence-electron chi connectivity index (χ4n) is 2.21. The highest BCUT2D eigenvalue weighted by atomic mass is 127. The van der Waals surface area contributed by atoms with Crippen LogP contribution in [-0.2, 0) is 19.1 Å². The van der Waals surface area contributed by atoms with E-state index in [2.05, 4.69) is 0 Å². The summed E-state index contributed by atoms with van der Waals surface area (Å²) in [7, 11) is 0. The minimum atomic E-state index is -0.991. The van der Waals surface area contributed by atoms with Gasteiger partial charge in [0.05, 0.1) is 0 Å². The molecular formula is C11H13ClINO4S. The van der Waals surface area contributed by atoms with Crippen LogP contribution >= 0.6 is 46.0 Å². The lowest BCUT2D eigenvalue weighted by atomic mass is 9.98. The molecule has 0 bridgehead atoms. The zero-order valence-electron chi connectivity index (χ0n) is 10.6. The summed E-state index contributed by atoms with van der Waals surface area (Å²) in [5.74, 6) is -1.06. The van der Waals surface area contributed by atoms with Crippen molar-refractivity contribution in [2.24, 2.45) is 0 Å². The first kappa shape index (κ1) is 15.4. The topological polar surface area (TPSA) is 63.7 Å². The molecule has 5 nitrogen and oxygen atoms in total. The van der Waals surface area contributed by atoms with Gasteiger partial charge >= 0.3 is 5.97 Å². The van der Waals surface area contributed by atoms with Crippen LogP contribution in [0.4, 0.5) is 0 Å². The van der Waals surface area contributed by atoms with Crippen LogP contribution in [0.5, 0.6) is 0 Å². The van der Waals surface area contributed by atoms with Gasteiger partial charge in [0, 0.05) is 4.75 Å². The molecule has 2 aliphatic rings. The summed E-state index contributed by atoms with van der Waals surface area (Å²) in [6.07, 6.45) is 0. The van der Waals surface area contributed by atoms with Crippen molar-refractivity contribution in [3.63, 3.8) is 0 Å². The molecule has 0 radical (unpaired) electrons. The van der Waals surface area contributed by atoms with Crippen molar-refractivity contribution in [2.45, 2.75) is 39.8 Å². The second-order valence-electron chi connectivity index (χ2n) is 5.12. The highest BCUT2D eigenvalue weighted by molar-refractivity contribution is 14.1. The molecule has 2 heterocycles. The Kier molecular flexibility index (Phi) is 3.86. The van der Waals surface area contributed by atoms with Gasteiger partial charge in [-0.25, -0.2) is 4.79 Å². The number of halogens is 2. The van der Waals surface area contributed by atoms with Gasteiger partial charge in [-0.15, -0.1) is 11.8 Å². The summed E-state index contributed by atoms with van der Waals surface area (Å²) in [6, 6.07) is -0.698. The lowest BCUT2D eigenvalue weighted by Gasteiger charge is -2.46. The van der Waals surface area contributed by atoms with Gasteiger partial charge in [0.1, 0.15) is 18.0 Å². The molecule has 2 saturated heterocycles. The number of Topliss-reactive ketones (excluding diaryl/α,β-unsaturated/α-hetero) is 1. The van der Waals surface area contributed by atoms with Crippen molar-refractivity contribution in [2.75, 3.05) is 6.61 Å². The Hall–Kier alpha value is -0.0200. The van der Waals surface area contributed by atoms with Crippen LogP contribution in [0.15, 0.2) is 0 Å². The summed E-state index contributed by atoms with van der Waals surface area (Å²) >= 11 is 9.53. The van der Waals surface area contributed by atoms with Gasteiger partial charge in [-0.3, -0.25) is 9.59 Å². The first-order valence-corrected chi connectivity index (χ1v) is 7.97. The maximum atomic E-state index is 12.1. The van der Waals surface area contributed by atoms with E-state index < -0.39 is 19.6 Å². The molecule has 106 valence electrons. The maximum absolute atomic E-state index is 12.1. The van der Waals surface area contributed by atoms with Crippen LogP contribution in [0.3, 0.4) is 0 Å². The summed E-state index contributed by atoms with van der Waals surface area (Å²) in [4.78, 5) is 36.4. The molecular weight excluding hydrogens is 405 g/mol. The van der Waals surface area contributed by atoms with Crippen molar-refractivity contribution in [1.82, 2.24) is 4.90 Å². The number of β-lactam (4-membered cyclic amide) rings is 1. The first-order chi connectivity index (χ1) is 8.59. The number of hydrogen-bond donors (Lipinski definition) is 0. The monoisotopic (exact) mass is 417 g/mol. The molecule has 0 saturated carbocycles. The number of fused-ring (bicyclic) bond motifs is 1. The van der Waals surface area contributed by atoms with Crippen molar-refractivity contribution in [1.29, 1.82) is 0 Å². The van der Waals surface area contributed by atoms with Gasteiger partial charge in [0.15, 0.2) is 5.78 Å². The van der Waals surface area contributed by atoms with Gasteiger partial charge < -0.3 is 9.64 Å². The molecule has 2 fully saturated rings. The van der Waals surface area contributed by atoms with Crippen molar-refractivity contribution in [3.05, 3.63) is 0 Å². The normalized spacial score (nSPS) is 35.6. The van der Waals surface area contributed by atoms with Gasteiger partial charge in [-0.1, -0.05) is 11.6 Å². The number of thioether (sulfide) groups is 1. The molecule has 0 N–H and O–H groups in total. The van der Waals surface area contributed by atoms with Crippen LogP contribution in [0.25, 0.3) is 0 Å². The van der Waals surface area contributed by atoms with Crippen LogP contribution < -0.4 is 0 Å². The Bertz CT molecular complexity index is 468. The van der Waals surface area contributed by atoms with Gasteiger partial charge in [-0.2, -0.15) is 0 Å². The molecule has 0 aromatic carbocycles. The molecule has 0 aromatic heterocycles. The predicted molar refractivity (Wildman–Crippen MR) is 80.3 cm³/mol. The number of carbonyl (C=O) groups excluding carboxylic acids is 3. The summed E-state index contributed by atoms with van der Waals surface area (Å²) in [5, 5.41) is -0.243. The fraction of sp³-hybridized carbons (Fsp3) is 0.727. The highest BCUT2D eigenvalue weighted by Crippen LogP contribution is 2.59. The van der Waals surface area contributed by atoms with E-state index >= 15 is 0 Å². The molecule has 0 aromatic rings. The largest absolute Gasteiger partial charge is 0.456 e. The Morgan fingerprint density at radius 2 is 2.11 bits per heavy atom. The molecule has 0 aliphatic carbocycles. The van der Waals surface area contributed by atoms with Crippen molar-refractivity contribution in [3.8, 4) is 0 Å². The Balaban J connectivity index is 2.18. The number of nitrogens with zero attached hydrogens (tertiary/aromatic N) is 1. The van der Waals surface area contributed by atoms with E-state index in [1.54, 1.807) is 0 Å². The second-order valence-corrected chi connectivity index (χ2v) is 9.79. The molecule has 0 spiro atoms. The Labute approximate surface area is 133 Å². The average Bonchev–Trinajstić information content (AvgIpc) is 2.56. The van der Waals surface area contributed by atoms with Gasteiger partial charge in [0.25, 0.3) is 5.91 Å². The van der Waals surface area contributed by atoms with E-state index in [4.69, 9.17) is 16.3 Å². The lowest BCUT2D eigenvalue weighted by Crippen LogP contribution is -2.68. The van der Waals surface area contributed by atoms with Crippen LogP contribution in [0.2, 0.25) is 0 Å². The molecule has 3 atom stereocenters. The molecule has 1 amide bonds. The highest BCUT2D eigenvalue weighted by Gasteiger charge is 2.70. The molecule has 19 heavy (non-hydrogen) atoms. The van der Waals surface area contributed by atoms with Crippen LogP contribution in [0.1, 0.15) is 20.8 Å². The van der Waals surface area contributed by atoms with Crippen molar-refractivity contribution >= 4 is 63.6 Å². The third kappa shape index (κ3) is 2.37. The summed E-state index contributed by atoms with van der Waals surface area (Å²) in [6.45, 7) is 4.81. The van der Waals surface area contributed by atoms with E-state index in [9.17, 15) is 14.4 Å². The zero-order chi connectivity index (χ0) is 14.6. The average molecular weight is 418 g/mol. The number of amides is 1. The third-order valence-electron chi connectivity index (χ3n) is 3.08. The standard InChI is InChI=1S/C11H13ClINO4S/c1-5(15)4-18-7(16)6-10(2,3)19-9-11(12,13)8(17)14(6)9/h6,9H,4H2,1-3H3/t6-,9+,11?/m0/s1. The quantitative estimate of drug-likeness (QED) is 0.302. The molecule has 2 aliphatic heterocycles. The van der Waals surface area contributed by atoms with E-state index in [0.29, 0.717) is 0 Å². The Morgan fingerprint density at radius 3 is 2.63 bits per heavy atom. The SMILES string of the molecule is CC(=O)COC(=O)[C@@H]1N2C(=O)C(Cl)(I)[C@H]2SC1(C)C. The number of ether oxygens (including phenoxy) is 1. The molecule has 2 rings (SSSR count). The van der Waals surface area contributed by atoms with Crippen molar-refractivity contribution < 1.29 is 19.1 Å². The number of carbonyl (C=O) groups is 3. The molecule has 1 unspecified atom stereocenters. The predicted octanol–water partition coefficient (Wildman–Crippen LogP) is 1.55. The van der Waals surface area contributed by atoms with Gasteiger partial charge in [0.2, 0.25) is 2.88 Å². The van der Waals surface area contributed by atoms with Crippen LogP contribution in [0, 0.1) is 0 Å². The maximum Gasteiger partial charge on any atom is 0.330 e. The molecule has 8 heteroatoms. The smallest absolute Gasteiger partial charge is 0.330 e. The number of rotatable bonds is 3. The lowest BCUT2D eigenvalue weighted by molar-refractivity contribution is -0.162. The van der Waals surface area contributed by atoms with Gasteiger partial charge in [-0.05, 0) is 43.4 Å². The number of alkyl halides is 2. The second kappa shape index (κ2) is 4.77. The third-order valence-corrected chi connectivity index (χ3v) is 6.68. The van der Waals surface area contributed by atoms with Crippen LogP contribution in [-0.4, -0.2) is 48.2 Å². The number of ketones is 1. The summed E-state index contributed by atoms with van der Waals surface area (Å²) < 4.78 is 3.47. The van der Waals surface area contributed by atoms with E-state index in [1.807, 2.05) is 36.4 Å². The van der Waals surface area contributed by atoms with E-state index in [1.165, 1.54) is 23.6 Å². The fourth-order valence-corrected chi connectivity index (χ4v) is 5.00. The first-order valence-electron chi connectivity index (χ1n) is 5.63.